The Morgan fingerprint density at radius 2 is 1.80 bits per heavy atom. The van der Waals surface area contributed by atoms with Crippen LogP contribution in [0, 0.1) is 11.8 Å². The Labute approximate surface area is 62.8 Å². The first-order valence-electron chi connectivity index (χ1n) is 3.92. The highest BCUT2D eigenvalue weighted by atomic mass is 19.1. The molecule has 0 spiro atoms. The van der Waals surface area contributed by atoms with E-state index in [1.54, 1.807) is 0 Å². The minimum Gasteiger partial charge on any atom is -0.330 e. The zero-order chi connectivity index (χ0) is 8.15. The number of nitrogens with two attached hydrogens (primary N) is 1. The zero-order valence-corrected chi connectivity index (χ0v) is 7.10. The Morgan fingerprint density at radius 1 is 1.30 bits per heavy atom. The topological polar surface area (TPSA) is 26.0 Å². The molecule has 0 saturated heterocycles. The predicted molar refractivity (Wildman–Crippen MR) is 42.6 cm³/mol. The van der Waals surface area contributed by atoms with Crippen molar-refractivity contribution in [1.82, 2.24) is 0 Å². The molecule has 62 valence electrons. The summed E-state index contributed by atoms with van der Waals surface area (Å²) in [5.41, 5.74) is 5.31. The molecular formula is C8H18FN. The van der Waals surface area contributed by atoms with Crippen molar-refractivity contribution < 1.29 is 4.39 Å². The van der Waals surface area contributed by atoms with Crippen LogP contribution in [0.2, 0.25) is 0 Å². The fourth-order valence-electron chi connectivity index (χ4n) is 0.830. The summed E-state index contributed by atoms with van der Waals surface area (Å²) in [4.78, 5) is 0. The van der Waals surface area contributed by atoms with Crippen LogP contribution in [-0.4, -0.2) is 12.7 Å². The summed E-state index contributed by atoms with van der Waals surface area (Å²) >= 11 is 0. The molecular weight excluding hydrogens is 129 g/mol. The molecule has 0 aliphatic carbocycles. The molecule has 0 aromatic rings. The summed E-state index contributed by atoms with van der Waals surface area (Å²) in [5, 5.41) is 0. The molecule has 10 heavy (non-hydrogen) atoms. The van der Waals surface area contributed by atoms with E-state index in [4.69, 9.17) is 5.73 Å². The molecule has 0 radical (unpaired) electrons. The van der Waals surface area contributed by atoms with Gasteiger partial charge in [-0.15, -0.1) is 0 Å². The van der Waals surface area contributed by atoms with Gasteiger partial charge in [-0.25, -0.2) is 4.39 Å². The largest absolute Gasteiger partial charge is 0.330 e. The normalized spacial score (nSPS) is 17.4. The molecule has 2 N–H and O–H groups in total. The molecule has 0 aliphatic heterocycles. The van der Waals surface area contributed by atoms with E-state index in [0.717, 1.165) is 0 Å². The molecule has 0 rings (SSSR count). The Balaban J connectivity index is 3.50. The average Bonchev–Trinajstić information content (AvgIpc) is 1.85. The first kappa shape index (κ1) is 9.89. The van der Waals surface area contributed by atoms with Gasteiger partial charge < -0.3 is 5.73 Å². The minimum atomic E-state index is -0.718. The monoisotopic (exact) mass is 147 g/mol. The predicted octanol–water partition coefficient (Wildman–Crippen LogP) is 1.97. The Hall–Kier alpha value is -0.110. The van der Waals surface area contributed by atoms with Gasteiger partial charge in [0, 0.05) is 0 Å². The maximum Gasteiger partial charge on any atom is 0.104 e. The molecule has 2 heteroatoms. The van der Waals surface area contributed by atoms with E-state index in [1.165, 1.54) is 0 Å². The smallest absolute Gasteiger partial charge is 0.104 e. The molecule has 2 unspecified atom stereocenters. The first-order chi connectivity index (χ1) is 4.57. The third kappa shape index (κ3) is 3.83. The third-order valence-corrected chi connectivity index (χ3v) is 1.69. The number of alkyl halides is 1. The van der Waals surface area contributed by atoms with Gasteiger partial charge in [0.2, 0.25) is 0 Å². The van der Waals surface area contributed by atoms with Crippen LogP contribution in [0.3, 0.4) is 0 Å². The highest BCUT2D eigenvalue weighted by Gasteiger charge is 2.15. The lowest BCUT2D eigenvalue weighted by Crippen LogP contribution is -2.22. The molecule has 0 fully saturated rings. The van der Waals surface area contributed by atoms with Gasteiger partial charge >= 0.3 is 0 Å². The van der Waals surface area contributed by atoms with Crippen LogP contribution in [0.15, 0.2) is 0 Å². The lowest BCUT2D eigenvalue weighted by Gasteiger charge is -2.15. The lowest BCUT2D eigenvalue weighted by atomic mass is 9.97. The summed E-state index contributed by atoms with van der Waals surface area (Å²) in [5.74, 6) is 0.450. The van der Waals surface area contributed by atoms with Crippen LogP contribution >= 0.6 is 0 Å². The van der Waals surface area contributed by atoms with Crippen molar-refractivity contribution >= 4 is 0 Å². The van der Waals surface area contributed by atoms with Gasteiger partial charge in [-0.05, 0) is 24.8 Å². The molecule has 0 heterocycles. The highest BCUT2D eigenvalue weighted by molar-refractivity contribution is 4.66. The van der Waals surface area contributed by atoms with Gasteiger partial charge in [0.05, 0.1) is 0 Å². The van der Waals surface area contributed by atoms with Crippen molar-refractivity contribution in [3.05, 3.63) is 0 Å². The molecule has 0 amide bonds. The molecule has 0 aromatic carbocycles. The third-order valence-electron chi connectivity index (χ3n) is 1.69. The van der Waals surface area contributed by atoms with Crippen molar-refractivity contribution in [1.29, 1.82) is 0 Å². The highest BCUT2D eigenvalue weighted by Crippen LogP contribution is 2.15. The standard InChI is InChI=1S/C8H18FN/c1-6(2)4-8(9)7(3)5-10/h6-8H,4-5,10H2,1-3H3. The van der Waals surface area contributed by atoms with Gasteiger partial charge in [0.1, 0.15) is 6.17 Å². The van der Waals surface area contributed by atoms with Crippen molar-refractivity contribution in [3.63, 3.8) is 0 Å². The Kier molecular flexibility index (Phi) is 4.62. The van der Waals surface area contributed by atoms with E-state index in [2.05, 4.69) is 0 Å². The van der Waals surface area contributed by atoms with E-state index < -0.39 is 6.17 Å². The van der Waals surface area contributed by atoms with Crippen molar-refractivity contribution in [2.45, 2.75) is 33.4 Å². The van der Waals surface area contributed by atoms with Crippen molar-refractivity contribution in [2.24, 2.45) is 17.6 Å². The van der Waals surface area contributed by atoms with Gasteiger partial charge in [0.15, 0.2) is 0 Å². The second-order valence-electron chi connectivity index (χ2n) is 3.36. The summed E-state index contributed by atoms with van der Waals surface area (Å²) < 4.78 is 13.0. The van der Waals surface area contributed by atoms with Crippen LogP contribution in [0.5, 0.6) is 0 Å². The number of hydrogen-bond acceptors (Lipinski definition) is 1. The molecule has 0 bridgehead atoms. The maximum atomic E-state index is 13.0. The molecule has 2 atom stereocenters. The van der Waals surface area contributed by atoms with Gasteiger partial charge in [-0.1, -0.05) is 20.8 Å². The number of halogens is 1. The lowest BCUT2D eigenvalue weighted by molar-refractivity contribution is 0.210. The van der Waals surface area contributed by atoms with Gasteiger partial charge in [-0.3, -0.25) is 0 Å². The van der Waals surface area contributed by atoms with E-state index in [-0.39, 0.29) is 5.92 Å². The van der Waals surface area contributed by atoms with Crippen molar-refractivity contribution in [3.8, 4) is 0 Å². The molecule has 1 nitrogen and oxygen atoms in total. The van der Waals surface area contributed by atoms with Crippen LogP contribution in [0.4, 0.5) is 4.39 Å². The van der Waals surface area contributed by atoms with Crippen LogP contribution < -0.4 is 5.73 Å². The van der Waals surface area contributed by atoms with E-state index in [0.29, 0.717) is 18.9 Å². The quantitative estimate of drug-likeness (QED) is 0.646. The van der Waals surface area contributed by atoms with E-state index in [1.807, 2.05) is 20.8 Å². The van der Waals surface area contributed by atoms with Crippen LogP contribution in [-0.2, 0) is 0 Å². The zero-order valence-electron chi connectivity index (χ0n) is 7.10. The summed E-state index contributed by atoms with van der Waals surface area (Å²) in [6.45, 7) is 6.35. The summed E-state index contributed by atoms with van der Waals surface area (Å²) in [7, 11) is 0. The van der Waals surface area contributed by atoms with Gasteiger partial charge in [0.25, 0.3) is 0 Å². The van der Waals surface area contributed by atoms with Crippen molar-refractivity contribution in [2.75, 3.05) is 6.54 Å². The minimum absolute atomic E-state index is 0.0161. The van der Waals surface area contributed by atoms with Crippen LogP contribution in [0.25, 0.3) is 0 Å². The van der Waals surface area contributed by atoms with Gasteiger partial charge in [-0.2, -0.15) is 0 Å². The van der Waals surface area contributed by atoms with E-state index >= 15 is 0 Å². The second kappa shape index (κ2) is 4.67. The SMILES string of the molecule is CC(C)CC(F)C(C)CN. The first-order valence-corrected chi connectivity index (χ1v) is 3.92. The summed E-state index contributed by atoms with van der Waals surface area (Å²) in [6.07, 6.45) is -0.0803. The fraction of sp³-hybridized carbons (Fsp3) is 1.00. The molecule has 0 aromatic heterocycles. The van der Waals surface area contributed by atoms with Crippen LogP contribution in [0.1, 0.15) is 27.2 Å². The fourth-order valence-corrected chi connectivity index (χ4v) is 0.830. The van der Waals surface area contributed by atoms with E-state index in [9.17, 15) is 4.39 Å². The Bertz CT molecular complexity index is 83.3. The average molecular weight is 147 g/mol. The number of hydrogen-bond donors (Lipinski definition) is 1. The molecule has 0 saturated carbocycles. The second-order valence-corrected chi connectivity index (χ2v) is 3.36. The number of rotatable bonds is 4. The molecule has 0 aliphatic rings. The Morgan fingerprint density at radius 3 is 2.10 bits per heavy atom. The maximum absolute atomic E-state index is 13.0. The summed E-state index contributed by atoms with van der Waals surface area (Å²) in [6, 6.07) is 0.